The molecule has 162 valence electrons. The Morgan fingerprint density at radius 3 is 2.28 bits per heavy atom. The van der Waals surface area contributed by atoms with E-state index in [9.17, 15) is 0 Å². The van der Waals surface area contributed by atoms with Gasteiger partial charge >= 0.3 is 193 Å². The second-order valence-electron chi connectivity index (χ2n) is 9.87. The second kappa shape index (κ2) is 8.08. The molecule has 0 spiro atoms. The molecule has 5 aromatic rings. The summed E-state index contributed by atoms with van der Waals surface area (Å²) in [5, 5.41) is 5.00. The zero-order valence-corrected chi connectivity index (χ0v) is 21.8. The Kier molecular flexibility index (Phi) is 5.37. The number of para-hydroxylation sites is 1. The third-order valence-corrected chi connectivity index (χ3v) is 11.0. The first-order valence-corrected chi connectivity index (χ1v) is 19.1. The van der Waals surface area contributed by atoms with Crippen molar-refractivity contribution in [2.45, 2.75) is 49.9 Å². The molecule has 0 atom stereocenters. The van der Waals surface area contributed by atoms with Gasteiger partial charge in [-0.3, -0.25) is 0 Å². The van der Waals surface area contributed by atoms with Crippen LogP contribution < -0.4 is 4.40 Å². The molecule has 0 N–H and O–H groups in total. The molecule has 0 amide bonds. The zero-order chi connectivity index (χ0) is 22.5. The van der Waals surface area contributed by atoms with Gasteiger partial charge in [-0.2, -0.15) is 0 Å². The fraction of sp³-hybridized carbons (Fsp3) is 0.276. The maximum absolute atomic E-state index is 6.65. The Morgan fingerprint density at radius 2 is 1.53 bits per heavy atom. The number of rotatable bonds is 5. The Labute approximate surface area is 193 Å². The molecule has 2 aromatic heterocycles. The van der Waals surface area contributed by atoms with Crippen molar-refractivity contribution in [2.24, 2.45) is 0 Å². The van der Waals surface area contributed by atoms with E-state index in [0.717, 1.165) is 40.7 Å². The van der Waals surface area contributed by atoms with Crippen LogP contribution in [0.4, 0.5) is 0 Å². The molecule has 0 unspecified atom stereocenters. The second-order valence-corrected chi connectivity index (χ2v) is 20.4. The predicted molar refractivity (Wildman–Crippen MR) is 141 cm³/mol. The third kappa shape index (κ3) is 3.45. The van der Waals surface area contributed by atoms with E-state index in [1.807, 2.05) is 6.20 Å². The van der Waals surface area contributed by atoms with E-state index in [2.05, 4.69) is 91.8 Å². The van der Waals surface area contributed by atoms with Gasteiger partial charge in [-0.15, -0.1) is 0 Å². The van der Waals surface area contributed by atoms with E-state index in [4.69, 9.17) is 9.40 Å². The van der Waals surface area contributed by atoms with Crippen LogP contribution in [0.1, 0.15) is 38.2 Å². The van der Waals surface area contributed by atoms with Gasteiger partial charge in [-0.05, 0) is 0 Å². The Morgan fingerprint density at radius 1 is 0.812 bits per heavy atom. The molecule has 0 saturated carbocycles. The average molecular weight is 482 g/mol. The van der Waals surface area contributed by atoms with Crippen LogP contribution in [0.2, 0.25) is 17.3 Å². The van der Waals surface area contributed by atoms with Crippen LogP contribution in [0.25, 0.3) is 44.0 Å². The van der Waals surface area contributed by atoms with Crippen LogP contribution in [0.15, 0.2) is 71.3 Å². The molecule has 2 nitrogen and oxygen atoms in total. The summed E-state index contributed by atoms with van der Waals surface area (Å²) >= 11 is -2.08. The number of nitrogens with zero attached hydrogens (tertiary/aromatic N) is 1. The molecule has 3 aromatic carbocycles. The van der Waals surface area contributed by atoms with E-state index in [0.29, 0.717) is 5.92 Å². The van der Waals surface area contributed by atoms with Crippen LogP contribution in [0, 0.1) is 0 Å². The normalized spacial score (nSPS) is 12.4. The van der Waals surface area contributed by atoms with Crippen molar-refractivity contribution >= 4 is 50.4 Å². The number of furan rings is 1. The molecule has 32 heavy (non-hydrogen) atoms. The molecular weight excluding hydrogens is 451 g/mol. The Hall–Kier alpha value is -2.59. The average Bonchev–Trinajstić information content (AvgIpc) is 3.18. The molecule has 5 rings (SSSR count). The van der Waals surface area contributed by atoms with E-state index >= 15 is 0 Å². The summed E-state index contributed by atoms with van der Waals surface area (Å²) in [7, 11) is 0. The summed E-state index contributed by atoms with van der Waals surface area (Å²) < 4.78 is 8.06. The maximum atomic E-state index is 6.65. The zero-order valence-electron chi connectivity index (χ0n) is 19.7. The van der Waals surface area contributed by atoms with Gasteiger partial charge in [0, 0.05) is 0 Å². The first kappa shape index (κ1) is 21.3. The van der Waals surface area contributed by atoms with Crippen molar-refractivity contribution in [1.29, 1.82) is 0 Å². The van der Waals surface area contributed by atoms with E-state index in [-0.39, 0.29) is 0 Å². The number of fused-ring (bicyclic) bond motifs is 4. The molecule has 0 fully saturated rings. The minimum atomic E-state index is -2.08. The van der Waals surface area contributed by atoms with Crippen molar-refractivity contribution in [1.82, 2.24) is 4.98 Å². The molecule has 0 aliphatic carbocycles. The SMILES string of the molecule is CCC(CC)c1cc(-c2nccc3c2oc2[c]([Ge]([CH3])([CH3])[CH3])cccc23)cc2ccccc12. The molecule has 0 saturated heterocycles. The monoisotopic (exact) mass is 483 g/mol. The molecule has 3 heteroatoms. The molecule has 2 heterocycles. The van der Waals surface area contributed by atoms with E-state index in [1.54, 1.807) is 0 Å². The molecule has 0 aliphatic rings. The molecule has 0 aliphatic heterocycles. The van der Waals surface area contributed by atoms with Crippen molar-refractivity contribution in [3.05, 3.63) is 72.4 Å². The van der Waals surface area contributed by atoms with Crippen molar-refractivity contribution in [3.8, 4) is 11.3 Å². The quantitative estimate of drug-likeness (QED) is 0.236. The van der Waals surface area contributed by atoms with Gasteiger partial charge in [0.05, 0.1) is 0 Å². The summed E-state index contributed by atoms with van der Waals surface area (Å²) in [4.78, 5) is 4.84. The topological polar surface area (TPSA) is 26.0 Å². The van der Waals surface area contributed by atoms with Gasteiger partial charge in [-0.1, -0.05) is 0 Å². The Bertz CT molecular complexity index is 1440. The number of hydrogen-bond acceptors (Lipinski definition) is 2. The standard InChI is InChI=1S/C29H31GeNO/c1-6-19(7-2)25-18-21(17-20-11-8-9-12-22(20)25)27-29-24(15-16-31-27)23-13-10-14-26(28(23)32-29)30(3,4)5/h8-19H,6-7H2,1-5H3. The minimum absolute atomic E-state index is 0.537. The summed E-state index contributed by atoms with van der Waals surface area (Å²) in [5.74, 6) is 7.81. The number of benzene rings is 3. The predicted octanol–water partition coefficient (Wildman–Crippen LogP) is 8.25. The fourth-order valence-electron chi connectivity index (χ4n) is 5.06. The van der Waals surface area contributed by atoms with Gasteiger partial charge in [0.2, 0.25) is 0 Å². The number of pyridine rings is 1. The molecule has 0 radical (unpaired) electrons. The third-order valence-electron chi connectivity index (χ3n) is 6.81. The van der Waals surface area contributed by atoms with Crippen molar-refractivity contribution in [2.75, 3.05) is 0 Å². The molecule has 0 bridgehead atoms. The van der Waals surface area contributed by atoms with E-state index in [1.165, 1.54) is 26.1 Å². The first-order chi connectivity index (χ1) is 15.4. The summed E-state index contributed by atoms with van der Waals surface area (Å²) in [6, 6.07) is 22.1. The summed E-state index contributed by atoms with van der Waals surface area (Å²) in [6.07, 6.45) is 4.20. The fourth-order valence-corrected chi connectivity index (χ4v) is 8.13. The molecular formula is C29H31GeNO. The van der Waals surface area contributed by atoms with Gasteiger partial charge in [0.15, 0.2) is 0 Å². The van der Waals surface area contributed by atoms with Gasteiger partial charge in [0.25, 0.3) is 0 Å². The summed E-state index contributed by atoms with van der Waals surface area (Å²) in [5.41, 5.74) is 5.49. The van der Waals surface area contributed by atoms with Crippen molar-refractivity contribution in [3.63, 3.8) is 0 Å². The van der Waals surface area contributed by atoms with E-state index < -0.39 is 13.3 Å². The number of hydrogen-bond donors (Lipinski definition) is 0. The number of aromatic nitrogens is 1. The van der Waals surface area contributed by atoms with Crippen LogP contribution >= 0.6 is 0 Å². The van der Waals surface area contributed by atoms with Gasteiger partial charge in [0.1, 0.15) is 0 Å². The Balaban J connectivity index is 1.82. The van der Waals surface area contributed by atoms with Crippen LogP contribution in [0.3, 0.4) is 0 Å². The van der Waals surface area contributed by atoms with Crippen LogP contribution in [-0.4, -0.2) is 18.3 Å². The van der Waals surface area contributed by atoms with Crippen LogP contribution in [0.5, 0.6) is 0 Å². The van der Waals surface area contributed by atoms with Crippen molar-refractivity contribution < 1.29 is 4.42 Å². The van der Waals surface area contributed by atoms with Gasteiger partial charge < -0.3 is 0 Å². The van der Waals surface area contributed by atoms with Gasteiger partial charge in [-0.25, -0.2) is 0 Å². The first-order valence-electron chi connectivity index (χ1n) is 11.8. The van der Waals surface area contributed by atoms with Crippen LogP contribution in [-0.2, 0) is 0 Å². The summed E-state index contributed by atoms with van der Waals surface area (Å²) in [6.45, 7) is 4.57.